The molecule has 0 aliphatic carbocycles. The van der Waals surface area contributed by atoms with Crippen LogP contribution in [0.25, 0.3) is 0 Å². The Labute approximate surface area is 272 Å². The Morgan fingerprint density at radius 3 is 1.11 bits per heavy atom. The molecule has 0 rings (SSSR count). The predicted octanol–water partition coefficient (Wildman–Crippen LogP) is 11.1. The van der Waals surface area contributed by atoms with Gasteiger partial charge in [-0.1, -0.05) is 157 Å². The van der Waals surface area contributed by atoms with Gasteiger partial charge >= 0.3 is 17.9 Å². The van der Waals surface area contributed by atoms with Crippen LogP contribution in [-0.2, 0) is 28.6 Å². The third-order valence-electron chi connectivity index (χ3n) is 8.22. The van der Waals surface area contributed by atoms with Crippen LogP contribution in [0.3, 0.4) is 0 Å². The molecule has 0 spiro atoms. The second kappa shape index (κ2) is 31.4. The monoisotopic (exact) mass is 625 g/mol. The highest BCUT2D eigenvalue weighted by Gasteiger charge is 2.19. The average molecular weight is 625 g/mol. The standard InChI is InChI=1S/C38H72O6/c1-6-7-8-16-25-30-38(41)44-35(32-43-37(40)29-24-20-15-14-18-22-27-34(4)5)31-42-36(39)28-23-19-13-11-9-10-12-17-21-26-33(2)3/h33-35H,6-32H2,1-5H3/t35-/m1/s1. The highest BCUT2D eigenvalue weighted by Crippen LogP contribution is 2.15. The van der Waals surface area contributed by atoms with E-state index in [9.17, 15) is 14.4 Å². The van der Waals surface area contributed by atoms with Gasteiger partial charge in [0.05, 0.1) is 0 Å². The molecule has 0 N–H and O–H groups in total. The number of carbonyl (C=O) groups excluding carboxylic acids is 3. The molecule has 6 nitrogen and oxygen atoms in total. The molecule has 0 aromatic heterocycles. The Bertz CT molecular complexity index is 674. The van der Waals surface area contributed by atoms with Crippen LogP contribution in [0.5, 0.6) is 0 Å². The second-order valence-electron chi connectivity index (χ2n) is 13.8. The van der Waals surface area contributed by atoms with Crippen LogP contribution in [0.1, 0.15) is 195 Å². The highest BCUT2D eigenvalue weighted by atomic mass is 16.6. The van der Waals surface area contributed by atoms with Gasteiger partial charge in [-0.15, -0.1) is 0 Å². The SMILES string of the molecule is CCCCCCCC(=O)O[C@H](COC(=O)CCCCCCCCCCCC(C)C)COC(=O)CCCCCCCCC(C)C. The molecular formula is C38H72O6. The molecule has 260 valence electrons. The number of carbonyl (C=O) groups is 3. The maximum absolute atomic E-state index is 12.4. The molecule has 6 heteroatoms. The Morgan fingerprint density at radius 2 is 0.750 bits per heavy atom. The minimum atomic E-state index is -0.757. The van der Waals surface area contributed by atoms with Gasteiger partial charge in [0.25, 0.3) is 0 Å². The lowest BCUT2D eigenvalue weighted by molar-refractivity contribution is -0.167. The van der Waals surface area contributed by atoms with E-state index >= 15 is 0 Å². The Kier molecular flexibility index (Phi) is 30.3. The van der Waals surface area contributed by atoms with Gasteiger partial charge in [0, 0.05) is 19.3 Å². The summed E-state index contributed by atoms with van der Waals surface area (Å²) in [5, 5.41) is 0. The number of rotatable bonds is 32. The lowest BCUT2D eigenvalue weighted by Gasteiger charge is -2.18. The topological polar surface area (TPSA) is 78.9 Å². The molecule has 0 heterocycles. The minimum Gasteiger partial charge on any atom is -0.462 e. The maximum atomic E-state index is 12.4. The van der Waals surface area contributed by atoms with Gasteiger partial charge in [0.2, 0.25) is 0 Å². The Morgan fingerprint density at radius 1 is 0.432 bits per heavy atom. The summed E-state index contributed by atoms with van der Waals surface area (Å²) in [7, 11) is 0. The Balaban J connectivity index is 4.25. The van der Waals surface area contributed by atoms with Gasteiger partial charge in [-0.3, -0.25) is 14.4 Å². The van der Waals surface area contributed by atoms with Crippen molar-refractivity contribution in [1.82, 2.24) is 0 Å². The zero-order chi connectivity index (χ0) is 32.7. The van der Waals surface area contributed by atoms with Crippen LogP contribution in [0.2, 0.25) is 0 Å². The lowest BCUT2D eigenvalue weighted by atomic mass is 10.0. The number of hydrogen-bond donors (Lipinski definition) is 0. The van der Waals surface area contributed by atoms with E-state index in [1.807, 2.05) is 0 Å². The average Bonchev–Trinajstić information content (AvgIpc) is 2.98. The number of hydrogen-bond acceptors (Lipinski definition) is 6. The summed E-state index contributed by atoms with van der Waals surface area (Å²) in [5.74, 6) is 0.684. The fourth-order valence-electron chi connectivity index (χ4n) is 5.34. The van der Waals surface area contributed by atoms with Crippen LogP contribution in [0.15, 0.2) is 0 Å². The van der Waals surface area contributed by atoms with Gasteiger partial charge in [-0.2, -0.15) is 0 Å². The number of unbranched alkanes of at least 4 members (excludes halogenated alkanes) is 17. The fraction of sp³-hybridized carbons (Fsp3) is 0.921. The van der Waals surface area contributed by atoms with Gasteiger partial charge < -0.3 is 14.2 Å². The van der Waals surface area contributed by atoms with Crippen molar-refractivity contribution >= 4 is 17.9 Å². The van der Waals surface area contributed by atoms with Crippen LogP contribution in [-0.4, -0.2) is 37.2 Å². The van der Waals surface area contributed by atoms with E-state index in [-0.39, 0.29) is 31.1 Å². The number of esters is 3. The van der Waals surface area contributed by atoms with Crippen molar-refractivity contribution in [2.45, 2.75) is 201 Å². The van der Waals surface area contributed by atoms with Crippen molar-refractivity contribution in [1.29, 1.82) is 0 Å². The normalized spacial score (nSPS) is 12.1. The van der Waals surface area contributed by atoms with Crippen molar-refractivity contribution in [3.63, 3.8) is 0 Å². The summed E-state index contributed by atoms with van der Waals surface area (Å²) in [6.07, 6.45) is 25.6. The summed E-state index contributed by atoms with van der Waals surface area (Å²) in [6, 6.07) is 0. The van der Waals surface area contributed by atoms with E-state index in [0.29, 0.717) is 19.3 Å². The third kappa shape index (κ3) is 31.8. The summed E-state index contributed by atoms with van der Waals surface area (Å²) in [4.78, 5) is 37.1. The van der Waals surface area contributed by atoms with Gasteiger partial charge in [0.15, 0.2) is 6.10 Å². The van der Waals surface area contributed by atoms with Crippen molar-refractivity contribution in [3.05, 3.63) is 0 Å². The lowest BCUT2D eigenvalue weighted by Crippen LogP contribution is -2.30. The van der Waals surface area contributed by atoms with Crippen LogP contribution >= 0.6 is 0 Å². The van der Waals surface area contributed by atoms with Crippen molar-refractivity contribution < 1.29 is 28.6 Å². The quantitative estimate of drug-likeness (QED) is 0.0421. The van der Waals surface area contributed by atoms with Crippen molar-refractivity contribution in [2.24, 2.45) is 11.8 Å². The molecule has 0 saturated carbocycles. The van der Waals surface area contributed by atoms with Crippen molar-refractivity contribution in [2.75, 3.05) is 13.2 Å². The fourth-order valence-corrected chi connectivity index (χ4v) is 5.34. The molecule has 0 aliphatic rings. The summed E-state index contributed by atoms with van der Waals surface area (Å²) >= 11 is 0. The van der Waals surface area contributed by atoms with Crippen LogP contribution in [0.4, 0.5) is 0 Å². The molecule has 0 unspecified atom stereocenters. The van der Waals surface area contributed by atoms with Gasteiger partial charge in [-0.25, -0.2) is 0 Å². The first-order chi connectivity index (χ1) is 21.2. The molecule has 0 aromatic carbocycles. The van der Waals surface area contributed by atoms with Gasteiger partial charge in [0.1, 0.15) is 13.2 Å². The zero-order valence-corrected chi connectivity index (χ0v) is 29.8. The Hall–Kier alpha value is -1.59. The predicted molar refractivity (Wildman–Crippen MR) is 183 cm³/mol. The highest BCUT2D eigenvalue weighted by molar-refractivity contribution is 5.71. The largest absolute Gasteiger partial charge is 0.462 e. The molecule has 0 fully saturated rings. The molecule has 44 heavy (non-hydrogen) atoms. The molecule has 1 atom stereocenters. The van der Waals surface area contributed by atoms with Crippen LogP contribution in [0, 0.1) is 11.8 Å². The summed E-state index contributed by atoms with van der Waals surface area (Å²) < 4.78 is 16.5. The van der Waals surface area contributed by atoms with Crippen LogP contribution < -0.4 is 0 Å². The first kappa shape index (κ1) is 42.4. The molecular weight excluding hydrogens is 552 g/mol. The molecule has 0 aliphatic heterocycles. The second-order valence-corrected chi connectivity index (χ2v) is 13.8. The molecule has 0 saturated heterocycles. The van der Waals surface area contributed by atoms with E-state index in [4.69, 9.17) is 14.2 Å². The van der Waals surface area contributed by atoms with E-state index in [0.717, 1.165) is 76.0 Å². The van der Waals surface area contributed by atoms with E-state index in [2.05, 4.69) is 34.6 Å². The molecule has 0 amide bonds. The van der Waals surface area contributed by atoms with E-state index in [1.54, 1.807) is 0 Å². The van der Waals surface area contributed by atoms with Crippen molar-refractivity contribution in [3.8, 4) is 0 Å². The third-order valence-corrected chi connectivity index (χ3v) is 8.22. The maximum Gasteiger partial charge on any atom is 0.306 e. The zero-order valence-electron chi connectivity index (χ0n) is 29.8. The molecule has 0 bridgehead atoms. The van der Waals surface area contributed by atoms with E-state index in [1.165, 1.54) is 77.0 Å². The first-order valence-corrected chi connectivity index (χ1v) is 18.7. The smallest absolute Gasteiger partial charge is 0.306 e. The minimum absolute atomic E-state index is 0.0686. The number of ether oxygens (including phenoxy) is 3. The molecule has 0 aromatic rings. The van der Waals surface area contributed by atoms with E-state index < -0.39 is 6.10 Å². The first-order valence-electron chi connectivity index (χ1n) is 18.7. The molecule has 0 radical (unpaired) electrons. The summed E-state index contributed by atoms with van der Waals surface area (Å²) in [5.41, 5.74) is 0. The van der Waals surface area contributed by atoms with Gasteiger partial charge in [-0.05, 0) is 31.1 Å². The summed E-state index contributed by atoms with van der Waals surface area (Å²) in [6.45, 7) is 11.1.